The molecule has 6 rings (SSSR count). The number of rotatable bonds is 7. The summed E-state index contributed by atoms with van der Waals surface area (Å²) in [7, 11) is 0. The molecule has 4 aliphatic rings. The van der Waals surface area contributed by atoms with E-state index in [2.05, 4.69) is 38.3 Å². The average Bonchev–Trinajstić information content (AvgIpc) is 2.85. The Labute approximate surface area is 213 Å². The van der Waals surface area contributed by atoms with Gasteiger partial charge in [0.25, 0.3) is 0 Å². The maximum absolute atomic E-state index is 12.4. The summed E-state index contributed by atoms with van der Waals surface area (Å²) in [6, 6.07) is 19.4. The Kier molecular flexibility index (Phi) is 6.52. The molecule has 0 bridgehead atoms. The molecule has 3 saturated heterocycles. The van der Waals surface area contributed by atoms with Gasteiger partial charge in [-0.1, -0.05) is 30.3 Å². The average molecular weight is 486 g/mol. The fourth-order valence-electron chi connectivity index (χ4n) is 5.93. The molecule has 1 unspecified atom stereocenters. The van der Waals surface area contributed by atoms with E-state index in [1.165, 1.54) is 13.1 Å². The van der Waals surface area contributed by atoms with Crippen LogP contribution in [-0.4, -0.2) is 78.0 Å². The normalized spacial score (nSPS) is 24.2. The molecular weight excluding hydrogens is 450 g/mol. The predicted molar refractivity (Wildman–Crippen MR) is 141 cm³/mol. The highest BCUT2D eigenvalue weighted by Gasteiger charge is 2.40. The molecule has 4 aliphatic heterocycles. The first-order valence-corrected chi connectivity index (χ1v) is 13.1. The van der Waals surface area contributed by atoms with Crippen LogP contribution in [-0.2, 0) is 4.79 Å². The highest BCUT2D eigenvalue weighted by molar-refractivity contribution is 5.94. The van der Waals surface area contributed by atoms with Crippen LogP contribution >= 0.6 is 0 Å². The fraction of sp³-hybridized carbons (Fsp3) is 0.414. The number of nitrogens with two attached hydrogens (primary N) is 1. The first-order valence-electron chi connectivity index (χ1n) is 13.1. The lowest BCUT2D eigenvalue weighted by Gasteiger charge is -2.53. The van der Waals surface area contributed by atoms with E-state index in [-0.39, 0.29) is 11.9 Å². The molecule has 2 aromatic carbocycles. The number of nitrogens with zero attached hydrogens (tertiary/aromatic N) is 3. The third-order valence-electron chi connectivity index (χ3n) is 8.19. The molecule has 0 aliphatic carbocycles. The molecule has 188 valence electrons. The third-order valence-corrected chi connectivity index (χ3v) is 8.19. The first-order chi connectivity index (χ1) is 17.7. The van der Waals surface area contributed by atoms with E-state index >= 15 is 0 Å². The molecule has 1 atom stereocenters. The highest BCUT2D eigenvalue weighted by Crippen LogP contribution is 2.37. The van der Waals surface area contributed by atoms with Crippen molar-refractivity contribution >= 4 is 5.91 Å². The molecule has 4 heterocycles. The number of hydrogen-bond donors (Lipinski definition) is 2. The molecular formula is C29H35N5O2. The summed E-state index contributed by atoms with van der Waals surface area (Å²) < 4.78 is 5.98. The minimum atomic E-state index is -0.364. The quantitative estimate of drug-likeness (QED) is 0.628. The van der Waals surface area contributed by atoms with E-state index < -0.39 is 0 Å². The Morgan fingerprint density at radius 3 is 2.19 bits per heavy atom. The van der Waals surface area contributed by atoms with Crippen molar-refractivity contribution in [2.45, 2.75) is 37.0 Å². The van der Waals surface area contributed by atoms with Crippen molar-refractivity contribution in [1.29, 1.82) is 0 Å². The molecule has 0 aromatic heterocycles. The van der Waals surface area contributed by atoms with Gasteiger partial charge in [0.15, 0.2) is 0 Å². The Morgan fingerprint density at radius 1 is 0.861 bits per heavy atom. The fourth-order valence-corrected chi connectivity index (χ4v) is 5.93. The predicted octanol–water partition coefficient (Wildman–Crippen LogP) is 2.88. The first kappa shape index (κ1) is 23.3. The maximum Gasteiger partial charge on any atom is 0.247 e. The number of likely N-dealkylation sites (tertiary alicyclic amines) is 2. The number of amides is 1. The summed E-state index contributed by atoms with van der Waals surface area (Å²) in [6.07, 6.45) is 8.14. The number of allylic oxidation sites excluding steroid dienone is 2. The van der Waals surface area contributed by atoms with E-state index in [4.69, 9.17) is 10.5 Å². The van der Waals surface area contributed by atoms with Crippen molar-refractivity contribution < 1.29 is 9.53 Å². The summed E-state index contributed by atoms with van der Waals surface area (Å²) in [5, 5.41) is 3.38. The number of carbonyl (C=O) groups is 1. The van der Waals surface area contributed by atoms with Gasteiger partial charge in [0.1, 0.15) is 11.5 Å². The van der Waals surface area contributed by atoms with Gasteiger partial charge in [-0.15, -0.1) is 0 Å². The molecule has 7 nitrogen and oxygen atoms in total. The summed E-state index contributed by atoms with van der Waals surface area (Å²) in [6.45, 7) is 6.90. The molecule has 0 spiro atoms. The van der Waals surface area contributed by atoms with Gasteiger partial charge in [-0.3, -0.25) is 14.6 Å². The minimum absolute atomic E-state index is 0.180. The second kappa shape index (κ2) is 10.1. The third kappa shape index (κ3) is 4.66. The Morgan fingerprint density at radius 2 is 1.56 bits per heavy atom. The van der Waals surface area contributed by atoms with E-state index in [1.54, 1.807) is 0 Å². The van der Waals surface area contributed by atoms with Crippen LogP contribution in [0, 0.1) is 0 Å². The molecule has 1 amide bonds. The molecule has 3 N–H and O–H groups in total. The number of carbonyl (C=O) groups excluding carboxylic acids is 1. The monoisotopic (exact) mass is 485 g/mol. The molecule has 36 heavy (non-hydrogen) atoms. The van der Waals surface area contributed by atoms with Crippen molar-refractivity contribution in [2.24, 2.45) is 5.73 Å². The number of para-hydroxylation sites is 1. The van der Waals surface area contributed by atoms with Crippen LogP contribution < -0.4 is 15.8 Å². The van der Waals surface area contributed by atoms with E-state index in [9.17, 15) is 4.79 Å². The van der Waals surface area contributed by atoms with Gasteiger partial charge in [-0.2, -0.15) is 0 Å². The summed E-state index contributed by atoms with van der Waals surface area (Å²) in [4.78, 5) is 20.1. The van der Waals surface area contributed by atoms with Gasteiger partial charge in [0, 0.05) is 69.2 Å². The molecule has 0 saturated carbocycles. The lowest BCUT2D eigenvalue weighted by molar-refractivity contribution is -0.115. The van der Waals surface area contributed by atoms with Gasteiger partial charge >= 0.3 is 0 Å². The zero-order valence-electron chi connectivity index (χ0n) is 20.6. The van der Waals surface area contributed by atoms with Crippen molar-refractivity contribution in [3.8, 4) is 11.5 Å². The maximum atomic E-state index is 12.4. The Hall–Kier alpha value is -3.13. The number of hydrogen-bond acceptors (Lipinski definition) is 6. The minimum Gasteiger partial charge on any atom is -0.457 e. The van der Waals surface area contributed by atoms with Crippen LogP contribution in [0.4, 0.5) is 0 Å². The van der Waals surface area contributed by atoms with Crippen LogP contribution in [0.15, 0.2) is 78.5 Å². The smallest absolute Gasteiger partial charge is 0.247 e. The van der Waals surface area contributed by atoms with Crippen LogP contribution in [0.25, 0.3) is 0 Å². The van der Waals surface area contributed by atoms with Crippen molar-refractivity contribution in [3.63, 3.8) is 0 Å². The van der Waals surface area contributed by atoms with E-state index in [0.717, 1.165) is 62.1 Å². The number of nitrogens with one attached hydrogen (secondary N) is 1. The molecule has 0 radical (unpaired) electrons. The van der Waals surface area contributed by atoms with Gasteiger partial charge in [0.05, 0.1) is 6.04 Å². The van der Waals surface area contributed by atoms with Crippen molar-refractivity contribution in [1.82, 2.24) is 20.0 Å². The standard InChI is InChI=1S/C29H35N5O2/c30-29(35)27-7-4-14-34(22-12-15-32(16-13-22)24-19-33(20-24)23-17-31-18-23)28(27)21-8-10-26(11-9-21)36-25-5-2-1-3-6-25/h1-11,14,22-24,28,31H,12-13,15-20H2,(H2,30,35). The van der Waals surface area contributed by atoms with Crippen LogP contribution in [0.1, 0.15) is 24.4 Å². The zero-order valence-corrected chi connectivity index (χ0v) is 20.6. The van der Waals surface area contributed by atoms with Crippen molar-refractivity contribution in [3.05, 3.63) is 84.1 Å². The van der Waals surface area contributed by atoms with E-state index in [1.807, 2.05) is 54.6 Å². The number of ether oxygens (including phenoxy) is 1. The molecule has 3 fully saturated rings. The summed E-state index contributed by atoms with van der Waals surface area (Å²) in [5.41, 5.74) is 7.54. The van der Waals surface area contributed by atoms with E-state index in [0.29, 0.717) is 17.7 Å². The second-order valence-corrected chi connectivity index (χ2v) is 10.3. The summed E-state index contributed by atoms with van der Waals surface area (Å²) >= 11 is 0. The molecule has 7 heteroatoms. The number of benzene rings is 2. The van der Waals surface area contributed by atoms with Gasteiger partial charge in [0.2, 0.25) is 5.91 Å². The second-order valence-electron chi connectivity index (χ2n) is 10.3. The Balaban J connectivity index is 1.13. The summed E-state index contributed by atoms with van der Waals surface area (Å²) in [5.74, 6) is 1.21. The van der Waals surface area contributed by atoms with Crippen molar-refractivity contribution in [2.75, 3.05) is 39.3 Å². The van der Waals surface area contributed by atoms with Crippen LogP contribution in [0.5, 0.6) is 11.5 Å². The number of primary amides is 1. The topological polar surface area (TPSA) is 74.1 Å². The Bertz CT molecular complexity index is 1110. The number of piperidine rings is 1. The largest absolute Gasteiger partial charge is 0.457 e. The van der Waals surface area contributed by atoms with Gasteiger partial charge in [-0.05, 0) is 54.8 Å². The highest BCUT2D eigenvalue weighted by atomic mass is 16.5. The molecule has 2 aromatic rings. The van der Waals surface area contributed by atoms with Crippen LogP contribution in [0.3, 0.4) is 0 Å². The van der Waals surface area contributed by atoms with Gasteiger partial charge < -0.3 is 20.7 Å². The van der Waals surface area contributed by atoms with Gasteiger partial charge in [-0.25, -0.2) is 0 Å². The zero-order chi connectivity index (χ0) is 24.5. The lowest BCUT2D eigenvalue weighted by atomic mass is 9.90. The lowest BCUT2D eigenvalue weighted by Crippen LogP contribution is -2.69. The SMILES string of the molecule is NC(=O)C1=CC=CN(C2CCN(C3CN(C4CNC4)C3)CC2)C1c1ccc(Oc2ccccc2)cc1. The van der Waals surface area contributed by atoms with Crippen LogP contribution in [0.2, 0.25) is 0 Å².